The van der Waals surface area contributed by atoms with Gasteiger partial charge in [0.05, 0.1) is 13.2 Å². The summed E-state index contributed by atoms with van der Waals surface area (Å²) in [5.41, 5.74) is 2.79. The van der Waals surface area contributed by atoms with E-state index in [-0.39, 0.29) is 17.8 Å². The van der Waals surface area contributed by atoms with Gasteiger partial charge in [0.2, 0.25) is 0 Å². The molecule has 2 N–H and O–H groups in total. The number of imidazole rings is 1. The van der Waals surface area contributed by atoms with Gasteiger partial charge in [-0.15, -0.1) is 0 Å². The van der Waals surface area contributed by atoms with Gasteiger partial charge in [0.15, 0.2) is 11.6 Å². The van der Waals surface area contributed by atoms with Crippen molar-refractivity contribution in [1.82, 2.24) is 20.2 Å². The summed E-state index contributed by atoms with van der Waals surface area (Å²) in [7, 11) is 1.42. The molecule has 7 heteroatoms. The first kappa shape index (κ1) is 20.4. The Balaban J connectivity index is 1.54. The summed E-state index contributed by atoms with van der Waals surface area (Å²) >= 11 is 0. The highest BCUT2D eigenvalue weighted by Crippen LogP contribution is 2.21. The van der Waals surface area contributed by atoms with Crippen LogP contribution in [-0.4, -0.2) is 22.7 Å². The lowest BCUT2D eigenvalue weighted by molar-refractivity contribution is 0.237. The van der Waals surface area contributed by atoms with Gasteiger partial charge in [-0.1, -0.05) is 30.3 Å². The van der Waals surface area contributed by atoms with Gasteiger partial charge < -0.3 is 19.9 Å². The Labute approximate surface area is 169 Å². The van der Waals surface area contributed by atoms with Crippen LogP contribution < -0.4 is 15.4 Å². The lowest BCUT2D eigenvalue weighted by Gasteiger charge is -2.16. The SMILES string of the molecule is COc1ccc(C(C)NC(=O)NCc2cccc(Cn3ccnc3C)c2)cc1F. The van der Waals surface area contributed by atoms with Crippen molar-refractivity contribution in [1.29, 1.82) is 0 Å². The van der Waals surface area contributed by atoms with E-state index in [2.05, 4.69) is 26.3 Å². The number of hydrogen-bond donors (Lipinski definition) is 2. The summed E-state index contributed by atoms with van der Waals surface area (Å²) in [4.78, 5) is 16.5. The quantitative estimate of drug-likeness (QED) is 0.635. The maximum absolute atomic E-state index is 13.9. The van der Waals surface area contributed by atoms with Crippen molar-refractivity contribution >= 4 is 6.03 Å². The minimum atomic E-state index is -0.455. The van der Waals surface area contributed by atoms with E-state index in [1.54, 1.807) is 25.3 Å². The number of benzene rings is 2. The Morgan fingerprint density at radius 3 is 2.72 bits per heavy atom. The number of rotatable bonds is 7. The molecule has 0 aliphatic heterocycles. The van der Waals surface area contributed by atoms with Crippen LogP contribution in [0.5, 0.6) is 5.75 Å². The second-order valence-electron chi connectivity index (χ2n) is 6.86. The summed E-state index contributed by atoms with van der Waals surface area (Å²) < 4.78 is 20.8. The predicted octanol–water partition coefficient (Wildman–Crippen LogP) is 3.95. The van der Waals surface area contributed by atoms with Crippen LogP contribution >= 0.6 is 0 Å². The van der Waals surface area contributed by atoms with Gasteiger partial charge in [-0.2, -0.15) is 0 Å². The Hall–Kier alpha value is -3.35. The minimum absolute atomic E-state index is 0.177. The fraction of sp³-hybridized carbons (Fsp3) is 0.273. The highest BCUT2D eigenvalue weighted by molar-refractivity contribution is 5.74. The van der Waals surface area contributed by atoms with Crippen LogP contribution in [0.2, 0.25) is 0 Å². The fourth-order valence-electron chi connectivity index (χ4n) is 3.07. The Morgan fingerprint density at radius 2 is 2.03 bits per heavy atom. The number of carbonyl (C=O) groups excluding carboxylic acids is 1. The Morgan fingerprint density at radius 1 is 1.24 bits per heavy atom. The number of hydrogen-bond acceptors (Lipinski definition) is 3. The van der Waals surface area contributed by atoms with E-state index in [9.17, 15) is 9.18 Å². The van der Waals surface area contributed by atoms with Gasteiger partial charge in [0.1, 0.15) is 5.82 Å². The van der Waals surface area contributed by atoms with Gasteiger partial charge >= 0.3 is 6.03 Å². The molecule has 3 aromatic rings. The van der Waals surface area contributed by atoms with Gasteiger partial charge in [-0.05, 0) is 42.7 Å². The molecule has 1 unspecified atom stereocenters. The number of nitrogens with zero attached hydrogens (tertiary/aromatic N) is 2. The van der Waals surface area contributed by atoms with Crippen molar-refractivity contribution in [2.24, 2.45) is 0 Å². The van der Waals surface area contributed by atoms with Crippen LogP contribution in [0.1, 0.15) is 35.5 Å². The Kier molecular flexibility index (Phi) is 6.49. The normalized spacial score (nSPS) is 11.7. The molecule has 2 aromatic carbocycles. The molecule has 152 valence electrons. The zero-order chi connectivity index (χ0) is 20.8. The topological polar surface area (TPSA) is 68.2 Å². The van der Waals surface area contributed by atoms with E-state index in [0.29, 0.717) is 12.1 Å². The predicted molar refractivity (Wildman–Crippen MR) is 109 cm³/mol. The lowest BCUT2D eigenvalue weighted by Crippen LogP contribution is -2.36. The summed E-state index contributed by atoms with van der Waals surface area (Å²) in [6.45, 7) is 4.89. The number of urea groups is 1. The number of aromatic nitrogens is 2. The maximum Gasteiger partial charge on any atom is 0.315 e. The van der Waals surface area contributed by atoms with Gasteiger partial charge in [0, 0.05) is 25.5 Å². The van der Waals surface area contributed by atoms with Crippen LogP contribution in [0, 0.1) is 12.7 Å². The van der Waals surface area contributed by atoms with Gasteiger partial charge in [0.25, 0.3) is 0 Å². The minimum Gasteiger partial charge on any atom is -0.494 e. The van der Waals surface area contributed by atoms with Crippen molar-refractivity contribution in [3.8, 4) is 5.75 Å². The van der Waals surface area contributed by atoms with Crippen LogP contribution in [0.15, 0.2) is 54.9 Å². The second-order valence-corrected chi connectivity index (χ2v) is 6.86. The molecule has 0 aliphatic carbocycles. The van der Waals surface area contributed by atoms with E-state index in [4.69, 9.17) is 4.74 Å². The molecular formula is C22H25FN4O2. The standard InChI is InChI=1S/C22H25FN4O2/c1-15(19-7-8-21(29-3)20(23)12-19)26-22(28)25-13-17-5-4-6-18(11-17)14-27-10-9-24-16(27)2/h4-12,15H,13-14H2,1-3H3,(H2,25,26,28). The van der Waals surface area contributed by atoms with Crippen molar-refractivity contribution in [3.05, 3.63) is 83.2 Å². The number of amides is 2. The lowest BCUT2D eigenvalue weighted by atomic mass is 10.1. The third-order valence-corrected chi connectivity index (χ3v) is 4.74. The van der Waals surface area contributed by atoms with Crippen molar-refractivity contribution in [2.45, 2.75) is 33.0 Å². The average molecular weight is 396 g/mol. The fourth-order valence-corrected chi connectivity index (χ4v) is 3.07. The first-order valence-corrected chi connectivity index (χ1v) is 9.39. The molecule has 1 heterocycles. The van der Waals surface area contributed by atoms with E-state index in [1.165, 1.54) is 13.2 Å². The molecule has 0 bridgehead atoms. The number of carbonyl (C=O) groups is 1. The molecule has 3 rings (SSSR count). The number of halogens is 1. The molecule has 0 saturated heterocycles. The first-order chi connectivity index (χ1) is 14.0. The highest BCUT2D eigenvalue weighted by Gasteiger charge is 2.12. The molecule has 1 atom stereocenters. The summed E-state index contributed by atoms with van der Waals surface area (Å²) in [6, 6.07) is 12.0. The van der Waals surface area contributed by atoms with Gasteiger partial charge in [-0.3, -0.25) is 0 Å². The summed E-state index contributed by atoms with van der Waals surface area (Å²) in [5.74, 6) is 0.678. The molecule has 0 fully saturated rings. The zero-order valence-corrected chi connectivity index (χ0v) is 16.8. The molecule has 0 radical (unpaired) electrons. The van der Waals surface area contributed by atoms with Crippen LogP contribution in [0.4, 0.5) is 9.18 Å². The second kappa shape index (κ2) is 9.23. The molecule has 0 spiro atoms. The first-order valence-electron chi connectivity index (χ1n) is 9.39. The van der Waals surface area contributed by atoms with Crippen LogP contribution in [-0.2, 0) is 13.1 Å². The van der Waals surface area contributed by atoms with E-state index in [1.807, 2.05) is 31.3 Å². The van der Waals surface area contributed by atoms with E-state index < -0.39 is 5.82 Å². The van der Waals surface area contributed by atoms with Gasteiger partial charge in [-0.25, -0.2) is 14.2 Å². The van der Waals surface area contributed by atoms with Crippen LogP contribution in [0.25, 0.3) is 0 Å². The number of methoxy groups -OCH3 is 1. The molecule has 6 nitrogen and oxygen atoms in total. The van der Waals surface area contributed by atoms with Crippen molar-refractivity contribution in [2.75, 3.05) is 7.11 Å². The zero-order valence-electron chi connectivity index (χ0n) is 16.8. The van der Waals surface area contributed by atoms with Crippen molar-refractivity contribution < 1.29 is 13.9 Å². The average Bonchev–Trinajstić information content (AvgIpc) is 3.11. The monoisotopic (exact) mass is 396 g/mol. The molecule has 29 heavy (non-hydrogen) atoms. The summed E-state index contributed by atoms with van der Waals surface area (Å²) in [6.07, 6.45) is 3.72. The van der Waals surface area contributed by atoms with Crippen molar-refractivity contribution in [3.63, 3.8) is 0 Å². The number of nitrogens with one attached hydrogen (secondary N) is 2. The largest absolute Gasteiger partial charge is 0.494 e. The third kappa shape index (κ3) is 5.34. The smallest absolute Gasteiger partial charge is 0.315 e. The number of ether oxygens (including phenoxy) is 1. The van der Waals surface area contributed by atoms with Crippen LogP contribution in [0.3, 0.4) is 0 Å². The molecule has 1 aromatic heterocycles. The number of aryl methyl sites for hydroxylation is 1. The molecular weight excluding hydrogens is 371 g/mol. The third-order valence-electron chi connectivity index (χ3n) is 4.74. The molecule has 0 saturated carbocycles. The Bertz CT molecular complexity index is 986. The summed E-state index contributed by atoms with van der Waals surface area (Å²) in [5, 5.41) is 5.67. The molecule has 0 aliphatic rings. The van der Waals surface area contributed by atoms with E-state index in [0.717, 1.165) is 23.5 Å². The highest BCUT2D eigenvalue weighted by atomic mass is 19.1. The van der Waals surface area contributed by atoms with E-state index >= 15 is 0 Å². The molecule has 2 amide bonds. The maximum atomic E-state index is 13.9.